The van der Waals surface area contributed by atoms with Crippen molar-refractivity contribution in [2.75, 3.05) is 6.54 Å². The van der Waals surface area contributed by atoms with Crippen LogP contribution in [0.5, 0.6) is 0 Å². The smallest absolute Gasteiger partial charge is 0.0138 e. The summed E-state index contributed by atoms with van der Waals surface area (Å²) < 4.78 is 1.27. The lowest BCUT2D eigenvalue weighted by Crippen LogP contribution is -2.24. The largest absolute Gasteiger partial charge is 0.271 e. The molecule has 0 fully saturated rings. The van der Waals surface area contributed by atoms with Crippen molar-refractivity contribution in [2.45, 2.75) is 6.42 Å². The minimum absolute atomic E-state index is 0.834. The number of hydrazine groups is 1. The summed E-state index contributed by atoms with van der Waals surface area (Å²) in [5.41, 5.74) is 3.95. The molecule has 3 N–H and O–H groups in total. The molecule has 0 radical (unpaired) electrons. The summed E-state index contributed by atoms with van der Waals surface area (Å²) >= 11 is 2.29. The Kier molecular flexibility index (Phi) is 3.82. The van der Waals surface area contributed by atoms with E-state index in [-0.39, 0.29) is 0 Å². The molecule has 0 bridgehead atoms. The Morgan fingerprint density at radius 3 is 2.45 bits per heavy atom. The number of benzene rings is 1. The fourth-order valence-electron chi connectivity index (χ4n) is 0.868. The number of hydrogen-bond acceptors (Lipinski definition) is 2. The fourth-order valence-corrected chi connectivity index (χ4v) is 1.23. The van der Waals surface area contributed by atoms with Crippen LogP contribution in [-0.2, 0) is 6.42 Å². The molecule has 2 nitrogen and oxygen atoms in total. The highest BCUT2D eigenvalue weighted by Gasteiger charge is 1.90. The molecular formula is C8H11IN2. The summed E-state index contributed by atoms with van der Waals surface area (Å²) in [5, 5.41) is 0. The molecule has 1 rings (SSSR count). The van der Waals surface area contributed by atoms with E-state index in [1.165, 1.54) is 9.13 Å². The van der Waals surface area contributed by atoms with Crippen molar-refractivity contribution in [1.82, 2.24) is 5.43 Å². The van der Waals surface area contributed by atoms with Gasteiger partial charge in [0.25, 0.3) is 0 Å². The SMILES string of the molecule is NNCCc1ccc(I)cc1. The Balaban J connectivity index is 2.52. The number of halogens is 1. The van der Waals surface area contributed by atoms with Crippen molar-refractivity contribution in [3.63, 3.8) is 0 Å². The van der Waals surface area contributed by atoms with Gasteiger partial charge in [0.15, 0.2) is 0 Å². The summed E-state index contributed by atoms with van der Waals surface area (Å²) in [5.74, 6) is 5.15. The van der Waals surface area contributed by atoms with Crippen molar-refractivity contribution in [2.24, 2.45) is 5.84 Å². The molecule has 1 aromatic carbocycles. The van der Waals surface area contributed by atoms with Crippen LogP contribution >= 0.6 is 22.6 Å². The summed E-state index contributed by atoms with van der Waals surface area (Å²) in [6.45, 7) is 0.834. The Morgan fingerprint density at radius 2 is 1.91 bits per heavy atom. The van der Waals surface area contributed by atoms with Gasteiger partial charge < -0.3 is 0 Å². The minimum Gasteiger partial charge on any atom is -0.271 e. The summed E-state index contributed by atoms with van der Waals surface area (Å²) in [6, 6.07) is 8.46. The van der Waals surface area contributed by atoms with Crippen molar-refractivity contribution in [3.05, 3.63) is 33.4 Å². The molecule has 11 heavy (non-hydrogen) atoms. The van der Waals surface area contributed by atoms with Crippen LogP contribution in [0, 0.1) is 3.57 Å². The van der Waals surface area contributed by atoms with E-state index in [9.17, 15) is 0 Å². The molecule has 0 heterocycles. The Morgan fingerprint density at radius 1 is 1.27 bits per heavy atom. The predicted molar refractivity (Wildman–Crippen MR) is 55.1 cm³/mol. The zero-order valence-electron chi connectivity index (χ0n) is 6.18. The average Bonchev–Trinajstić information content (AvgIpc) is 2.04. The maximum atomic E-state index is 5.15. The molecule has 0 amide bonds. The van der Waals surface area contributed by atoms with Gasteiger partial charge in [0.2, 0.25) is 0 Å². The highest BCUT2D eigenvalue weighted by molar-refractivity contribution is 14.1. The Labute approximate surface area is 80.3 Å². The number of nitrogens with two attached hydrogens (primary N) is 1. The highest BCUT2D eigenvalue weighted by Crippen LogP contribution is 2.06. The molecule has 0 aliphatic carbocycles. The Bertz CT molecular complexity index is 208. The van der Waals surface area contributed by atoms with Crippen molar-refractivity contribution < 1.29 is 0 Å². The van der Waals surface area contributed by atoms with Gasteiger partial charge in [0.05, 0.1) is 0 Å². The molecule has 1 aromatic rings. The van der Waals surface area contributed by atoms with Gasteiger partial charge in [-0.15, -0.1) is 0 Å². The topological polar surface area (TPSA) is 38.0 Å². The van der Waals surface area contributed by atoms with E-state index >= 15 is 0 Å². The van der Waals surface area contributed by atoms with Gasteiger partial charge in [-0.2, -0.15) is 0 Å². The van der Waals surface area contributed by atoms with Crippen molar-refractivity contribution >= 4 is 22.6 Å². The number of hydrogen-bond donors (Lipinski definition) is 2. The summed E-state index contributed by atoms with van der Waals surface area (Å²) in [7, 11) is 0. The third-order valence-corrected chi connectivity index (χ3v) is 2.19. The van der Waals surface area contributed by atoms with E-state index in [1.54, 1.807) is 0 Å². The molecule has 0 saturated heterocycles. The first kappa shape index (κ1) is 8.96. The number of nitrogens with one attached hydrogen (secondary N) is 1. The van der Waals surface area contributed by atoms with Crippen LogP contribution < -0.4 is 11.3 Å². The van der Waals surface area contributed by atoms with Crippen LogP contribution in [0.15, 0.2) is 24.3 Å². The summed E-state index contributed by atoms with van der Waals surface area (Å²) in [6.07, 6.45) is 0.993. The zero-order chi connectivity index (χ0) is 8.10. The van der Waals surface area contributed by atoms with Crippen molar-refractivity contribution in [1.29, 1.82) is 0 Å². The minimum atomic E-state index is 0.834. The normalized spacial score (nSPS) is 10.0. The highest BCUT2D eigenvalue weighted by atomic mass is 127. The third-order valence-electron chi connectivity index (χ3n) is 1.47. The fraction of sp³-hybridized carbons (Fsp3) is 0.250. The zero-order valence-corrected chi connectivity index (χ0v) is 8.34. The molecule has 60 valence electrons. The van der Waals surface area contributed by atoms with Gasteiger partial charge in [-0.1, -0.05) is 12.1 Å². The summed E-state index contributed by atoms with van der Waals surface area (Å²) in [4.78, 5) is 0. The lowest BCUT2D eigenvalue weighted by molar-refractivity contribution is 0.728. The van der Waals surface area contributed by atoms with Crippen LogP contribution in [0.2, 0.25) is 0 Å². The molecule has 3 heteroatoms. The Hall–Kier alpha value is -0.130. The van der Waals surface area contributed by atoms with E-state index in [1.807, 2.05) is 0 Å². The van der Waals surface area contributed by atoms with Gasteiger partial charge in [0, 0.05) is 10.1 Å². The van der Waals surface area contributed by atoms with Crippen LogP contribution in [-0.4, -0.2) is 6.54 Å². The van der Waals surface area contributed by atoms with Gasteiger partial charge >= 0.3 is 0 Å². The first-order valence-corrected chi connectivity index (χ1v) is 4.58. The molecule has 0 spiro atoms. The quantitative estimate of drug-likeness (QED) is 0.489. The molecule has 0 atom stereocenters. The van der Waals surface area contributed by atoms with Gasteiger partial charge in [-0.25, -0.2) is 0 Å². The third kappa shape index (κ3) is 3.18. The molecule has 0 aliphatic heterocycles. The molecular weight excluding hydrogens is 251 g/mol. The maximum absolute atomic E-state index is 5.15. The number of rotatable bonds is 3. The molecule has 0 aliphatic rings. The van der Waals surface area contributed by atoms with Gasteiger partial charge in [-0.3, -0.25) is 11.3 Å². The maximum Gasteiger partial charge on any atom is 0.0138 e. The van der Waals surface area contributed by atoms with Crippen LogP contribution in [0.3, 0.4) is 0 Å². The second-order valence-electron chi connectivity index (χ2n) is 2.33. The van der Waals surface area contributed by atoms with E-state index in [0.29, 0.717) is 0 Å². The van der Waals surface area contributed by atoms with Crippen LogP contribution in [0.1, 0.15) is 5.56 Å². The lowest BCUT2D eigenvalue weighted by Gasteiger charge is -1.99. The van der Waals surface area contributed by atoms with Crippen LogP contribution in [0.4, 0.5) is 0 Å². The monoisotopic (exact) mass is 262 g/mol. The molecule has 0 aromatic heterocycles. The van der Waals surface area contributed by atoms with Gasteiger partial charge in [0.1, 0.15) is 0 Å². The van der Waals surface area contributed by atoms with Gasteiger partial charge in [-0.05, 0) is 46.7 Å². The first-order valence-electron chi connectivity index (χ1n) is 3.51. The standard InChI is InChI=1S/C8H11IN2/c9-8-3-1-7(2-4-8)5-6-11-10/h1-4,11H,5-6,10H2. The molecule has 0 saturated carbocycles. The first-order chi connectivity index (χ1) is 5.33. The van der Waals surface area contributed by atoms with Crippen molar-refractivity contribution in [3.8, 4) is 0 Å². The van der Waals surface area contributed by atoms with E-state index in [4.69, 9.17) is 5.84 Å². The molecule has 0 unspecified atom stereocenters. The second kappa shape index (κ2) is 4.69. The van der Waals surface area contributed by atoms with E-state index < -0.39 is 0 Å². The van der Waals surface area contributed by atoms with Crippen LogP contribution in [0.25, 0.3) is 0 Å². The predicted octanol–water partition coefficient (Wildman–Crippen LogP) is 1.30. The van der Waals surface area contributed by atoms with E-state index in [2.05, 4.69) is 52.3 Å². The van der Waals surface area contributed by atoms with E-state index in [0.717, 1.165) is 13.0 Å². The average molecular weight is 262 g/mol. The second-order valence-corrected chi connectivity index (χ2v) is 3.58. The lowest BCUT2D eigenvalue weighted by atomic mass is 10.2.